The number of amides is 1. The lowest BCUT2D eigenvalue weighted by Gasteiger charge is -2.25. The number of thioether (sulfide) groups is 1. The molecule has 1 fully saturated rings. The maximum atomic E-state index is 12.5. The highest BCUT2D eigenvalue weighted by molar-refractivity contribution is 7.99. The standard InChI is InChI=1S/C20H21NO5S/c1-12-6-7-15(13(2)9-12)17(23)10-26-20(24)16-11-27-19(21(16)14(3)22)18-5-4-8-25-18/h4-9,16,19H,10-11H2,1-3H3/t16-,19-/m0/s1. The van der Waals surface area contributed by atoms with Gasteiger partial charge in [-0.3, -0.25) is 9.59 Å². The molecule has 1 aliphatic heterocycles. The third-order valence-electron chi connectivity index (χ3n) is 4.45. The lowest BCUT2D eigenvalue weighted by molar-refractivity contribution is -0.152. The summed E-state index contributed by atoms with van der Waals surface area (Å²) in [6, 6.07) is 8.26. The minimum absolute atomic E-state index is 0.246. The van der Waals surface area contributed by atoms with Crippen LogP contribution in [0.3, 0.4) is 0 Å². The number of ether oxygens (including phenoxy) is 1. The van der Waals surface area contributed by atoms with Crippen LogP contribution in [-0.4, -0.2) is 41.0 Å². The van der Waals surface area contributed by atoms with E-state index in [2.05, 4.69) is 0 Å². The first-order chi connectivity index (χ1) is 12.9. The van der Waals surface area contributed by atoms with Crippen LogP contribution in [0.15, 0.2) is 41.0 Å². The minimum Gasteiger partial charge on any atom is -0.466 e. The second-order valence-electron chi connectivity index (χ2n) is 6.49. The Morgan fingerprint density at radius 2 is 2.04 bits per heavy atom. The fraction of sp³-hybridized carbons (Fsp3) is 0.350. The molecule has 1 aromatic carbocycles. The first-order valence-corrected chi connectivity index (χ1v) is 9.64. The molecule has 142 valence electrons. The van der Waals surface area contributed by atoms with Gasteiger partial charge in [0.15, 0.2) is 6.61 Å². The number of furan rings is 1. The lowest BCUT2D eigenvalue weighted by Crippen LogP contribution is -2.43. The monoisotopic (exact) mass is 387 g/mol. The van der Waals surface area contributed by atoms with E-state index in [1.165, 1.54) is 29.8 Å². The van der Waals surface area contributed by atoms with Crippen LogP contribution in [0, 0.1) is 13.8 Å². The number of nitrogens with zero attached hydrogens (tertiary/aromatic N) is 1. The molecular weight excluding hydrogens is 366 g/mol. The molecule has 7 heteroatoms. The first kappa shape index (κ1) is 19.2. The van der Waals surface area contributed by atoms with Gasteiger partial charge in [-0.25, -0.2) is 4.79 Å². The Hall–Kier alpha value is -2.54. The summed E-state index contributed by atoms with van der Waals surface area (Å²) in [5.41, 5.74) is 2.44. The second kappa shape index (κ2) is 8.00. The maximum Gasteiger partial charge on any atom is 0.330 e. The molecule has 1 amide bonds. The Balaban J connectivity index is 1.66. The largest absolute Gasteiger partial charge is 0.466 e. The van der Waals surface area contributed by atoms with Gasteiger partial charge in [0.1, 0.15) is 17.2 Å². The number of hydrogen-bond acceptors (Lipinski definition) is 6. The maximum absolute atomic E-state index is 12.5. The molecule has 0 saturated carbocycles. The Morgan fingerprint density at radius 1 is 1.26 bits per heavy atom. The van der Waals surface area contributed by atoms with Gasteiger partial charge in [0.2, 0.25) is 11.7 Å². The summed E-state index contributed by atoms with van der Waals surface area (Å²) in [6.07, 6.45) is 1.53. The van der Waals surface area contributed by atoms with Crippen molar-refractivity contribution >= 4 is 29.4 Å². The molecule has 2 atom stereocenters. The van der Waals surface area contributed by atoms with E-state index in [0.717, 1.165) is 11.1 Å². The number of benzene rings is 1. The summed E-state index contributed by atoms with van der Waals surface area (Å²) in [5.74, 6) is -0.0871. The SMILES string of the molecule is CC(=O)N1[C@H](C(=O)OCC(=O)c2ccc(C)cc2C)CS[C@H]1c1ccco1. The molecule has 0 N–H and O–H groups in total. The third-order valence-corrected chi connectivity index (χ3v) is 5.73. The third kappa shape index (κ3) is 4.08. The Morgan fingerprint density at radius 3 is 2.67 bits per heavy atom. The molecule has 3 rings (SSSR count). The normalized spacial score (nSPS) is 19.1. The van der Waals surface area contributed by atoms with Crippen LogP contribution in [0.2, 0.25) is 0 Å². The molecule has 6 nitrogen and oxygen atoms in total. The molecule has 0 radical (unpaired) electrons. The van der Waals surface area contributed by atoms with E-state index in [9.17, 15) is 14.4 Å². The van der Waals surface area contributed by atoms with Gasteiger partial charge in [-0.15, -0.1) is 11.8 Å². The number of aryl methyl sites for hydroxylation is 2. The highest BCUT2D eigenvalue weighted by Crippen LogP contribution is 2.41. The average molecular weight is 387 g/mol. The van der Waals surface area contributed by atoms with Gasteiger partial charge in [0.25, 0.3) is 0 Å². The van der Waals surface area contributed by atoms with E-state index < -0.39 is 12.0 Å². The topological polar surface area (TPSA) is 76.8 Å². The smallest absolute Gasteiger partial charge is 0.330 e. The molecular formula is C20H21NO5S. The molecule has 1 aromatic heterocycles. The van der Waals surface area contributed by atoms with Crippen molar-refractivity contribution < 1.29 is 23.5 Å². The zero-order valence-corrected chi connectivity index (χ0v) is 16.2. The molecule has 1 saturated heterocycles. The molecule has 0 unspecified atom stereocenters. The highest BCUT2D eigenvalue weighted by Gasteiger charge is 2.43. The van der Waals surface area contributed by atoms with Crippen LogP contribution >= 0.6 is 11.8 Å². The zero-order valence-electron chi connectivity index (χ0n) is 15.4. The number of Topliss-reactive ketones (excluding diaryl/α,β-unsaturated/α-hetero) is 1. The summed E-state index contributed by atoms with van der Waals surface area (Å²) in [4.78, 5) is 38.5. The van der Waals surface area contributed by atoms with Crippen molar-refractivity contribution in [2.24, 2.45) is 0 Å². The van der Waals surface area contributed by atoms with Crippen molar-refractivity contribution in [3.8, 4) is 0 Å². The van der Waals surface area contributed by atoms with E-state index in [4.69, 9.17) is 9.15 Å². The molecule has 2 aromatic rings. The Bertz CT molecular complexity index is 861. The van der Waals surface area contributed by atoms with Crippen molar-refractivity contribution in [3.05, 3.63) is 59.0 Å². The Kier molecular flexibility index (Phi) is 5.70. The second-order valence-corrected chi connectivity index (χ2v) is 7.61. The van der Waals surface area contributed by atoms with Crippen molar-refractivity contribution in [1.29, 1.82) is 0 Å². The highest BCUT2D eigenvalue weighted by atomic mass is 32.2. The molecule has 2 heterocycles. The number of carbonyl (C=O) groups excluding carboxylic acids is 3. The van der Waals surface area contributed by atoms with Crippen LogP contribution < -0.4 is 0 Å². The summed E-state index contributed by atoms with van der Waals surface area (Å²) in [6.45, 7) is 4.86. The fourth-order valence-corrected chi connectivity index (χ4v) is 4.58. The number of rotatable bonds is 5. The van der Waals surface area contributed by atoms with E-state index in [1.807, 2.05) is 26.0 Å². The van der Waals surface area contributed by atoms with Gasteiger partial charge >= 0.3 is 5.97 Å². The van der Waals surface area contributed by atoms with Gasteiger partial charge in [-0.1, -0.05) is 23.8 Å². The molecule has 0 aliphatic carbocycles. The van der Waals surface area contributed by atoms with Crippen molar-refractivity contribution in [1.82, 2.24) is 4.90 Å². The quantitative estimate of drug-likeness (QED) is 0.579. The van der Waals surface area contributed by atoms with Gasteiger partial charge in [0, 0.05) is 18.2 Å². The molecule has 1 aliphatic rings. The summed E-state index contributed by atoms with van der Waals surface area (Å²) < 4.78 is 10.6. The van der Waals surface area contributed by atoms with E-state index in [1.54, 1.807) is 18.2 Å². The molecule has 0 bridgehead atoms. The minimum atomic E-state index is -0.741. The van der Waals surface area contributed by atoms with Crippen LogP contribution in [-0.2, 0) is 14.3 Å². The Labute approximate surface area is 161 Å². The van der Waals surface area contributed by atoms with Crippen LogP contribution in [0.5, 0.6) is 0 Å². The van der Waals surface area contributed by atoms with Gasteiger partial charge in [0.05, 0.1) is 6.26 Å². The van der Waals surface area contributed by atoms with Crippen LogP contribution in [0.1, 0.15) is 39.5 Å². The molecule has 27 heavy (non-hydrogen) atoms. The number of hydrogen-bond donors (Lipinski definition) is 0. The van der Waals surface area contributed by atoms with Gasteiger partial charge < -0.3 is 14.1 Å². The first-order valence-electron chi connectivity index (χ1n) is 8.59. The van der Waals surface area contributed by atoms with Gasteiger partial charge in [-0.2, -0.15) is 0 Å². The van der Waals surface area contributed by atoms with Gasteiger partial charge in [-0.05, 0) is 31.5 Å². The summed E-state index contributed by atoms with van der Waals surface area (Å²) in [5, 5.41) is -0.370. The average Bonchev–Trinajstić information content (AvgIpc) is 3.28. The van der Waals surface area contributed by atoms with Crippen molar-refractivity contribution in [2.45, 2.75) is 32.2 Å². The fourth-order valence-electron chi connectivity index (χ4n) is 3.16. The predicted molar refractivity (Wildman–Crippen MR) is 101 cm³/mol. The number of ketones is 1. The van der Waals surface area contributed by atoms with Crippen molar-refractivity contribution in [2.75, 3.05) is 12.4 Å². The van der Waals surface area contributed by atoms with Crippen molar-refractivity contribution in [3.63, 3.8) is 0 Å². The zero-order chi connectivity index (χ0) is 19.6. The van der Waals surface area contributed by atoms with Crippen LogP contribution in [0.4, 0.5) is 0 Å². The molecule has 0 spiro atoms. The van der Waals surface area contributed by atoms with E-state index in [-0.39, 0.29) is 23.7 Å². The number of carbonyl (C=O) groups is 3. The van der Waals surface area contributed by atoms with E-state index in [0.29, 0.717) is 17.1 Å². The lowest BCUT2D eigenvalue weighted by atomic mass is 10.0. The van der Waals surface area contributed by atoms with E-state index >= 15 is 0 Å². The number of esters is 1. The predicted octanol–water partition coefficient (Wildman–Crippen LogP) is 3.29. The summed E-state index contributed by atoms with van der Waals surface area (Å²) in [7, 11) is 0. The summed E-state index contributed by atoms with van der Waals surface area (Å²) >= 11 is 1.43. The van der Waals surface area contributed by atoms with Crippen LogP contribution in [0.25, 0.3) is 0 Å².